The highest BCUT2D eigenvalue weighted by Gasteiger charge is 2.06. The number of nitrogens with one attached hydrogen (secondary N) is 1. The van der Waals surface area contributed by atoms with E-state index < -0.39 is 5.91 Å². The standard InChI is InChI=1S/C15H17N3O2/c1-20-12-4-2-3-10(7-12)9-18-11-5-6-14(16)13(8-11)15(17)19/h2-8,18H,9,16H2,1H3,(H2,17,19). The van der Waals surface area contributed by atoms with Crippen LogP contribution < -0.4 is 21.5 Å². The predicted molar refractivity (Wildman–Crippen MR) is 79.7 cm³/mol. The summed E-state index contributed by atoms with van der Waals surface area (Å²) in [6.07, 6.45) is 0. The number of ether oxygens (including phenoxy) is 1. The van der Waals surface area contributed by atoms with Gasteiger partial charge in [0.1, 0.15) is 5.75 Å². The number of nitrogen functional groups attached to an aromatic ring is 1. The van der Waals surface area contributed by atoms with Crippen molar-refractivity contribution in [3.8, 4) is 5.75 Å². The topological polar surface area (TPSA) is 90.4 Å². The Morgan fingerprint density at radius 1 is 1.25 bits per heavy atom. The molecule has 0 bridgehead atoms. The first kappa shape index (κ1) is 13.7. The highest BCUT2D eigenvalue weighted by atomic mass is 16.5. The van der Waals surface area contributed by atoms with Crippen LogP contribution in [0.25, 0.3) is 0 Å². The van der Waals surface area contributed by atoms with Gasteiger partial charge in [0.15, 0.2) is 0 Å². The highest BCUT2D eigenvalue weighted by Crippen LogP contribution is 2.19. The fourth-order valence-electron chi connectivity index (χ4n) is 1.87. The average molecular weight is 271 g/mol. The predicted octanol–water partition coefficient (Wildman–Crippen LogP) is 1.99. The molecule has 0 spiro atoms. The largest absolute Gasteiger partial charge is 0.497 e. The third-order valence-electron chi connectivity index (χ3n) is 2.95. The molecule has 2 aromatic rings. The minimum Gasteiger partial charge on any atom is -0.497 e. The summed E-state index contributed by atoms with van der Waals surface area (Å²) >= 11 is 0. The maximum absolute atomic E-state index is 11.2. The molecule has 0 atom stereocenters. The molecule has 0 aromatic heterocycles. The van der Waals surface area contributed by atoms with Gasteiger partial charge < -0.3 is 21.5 Å². The van der Waals surface area contributed by atoms with Crippen molar-refractivity contribution in [2.45, 2.75) is 6.54 Å². The molecule has 5 nitrogen and oxygen atoms in total. The van der Waals surface area contributed by atoms with Crippen LogP contribution in [0.3, 0.4) is 0 Å². The molecule has 5 N–H and O–H groups in total. The quantitative estimate of drug-likeness (QED) is 0.725. The summed E-state index contributed by atoms with van der Waals surface area (Å²) in [6, 6.07) is 12.9. The van der Waals surface area contributed by atoms with E-state index in [1.807, 2.05) is 30.3 Å². The lowest BCUT2D eigenvalue weighted by Gasteiger charge is -2.10. The van der Waals surface area contributed by atoms with E-state index in [-0.39, 0.29) is 0 Å². The van der Waals surface area contributed by atoms with Crippen molar-refractivity contribution in [2.24, 2.45) is 5.73 Å². The summed E-state index contributed by atoms with van der Waals surface area (Å²) < 4.78 is 5.17. The zero-order valence-electron chi connectivity index (χ0n) is 11.2. The number of carbonyl (C=O) groups is 1. The number of methoxy groups -OCH3 is 1. The molecule has 0 fully saturated rings. The number of primary amides is 1. The first-order valence-corrected chi connectivity index (χ1v) is 6.16. The van der Waals surface area contributed by atoms with Crippen molar-refractivity contribution in [1.29, 1.82) is 0 Å². The van der Waals surface area contributed by atoms with Gasteiger partial charge in [0.2, 0.25) is 0 Å². The fourth-order valence-corrected chi connectivity index (χ4v) is 1.87. The van der Waals surface area contributed by atoms with E-state index in [4.69, 9.17) is 16.2 Å². The number of anilines is 2. The van der Waals surface area contributed by atoms with E-state index in [2.05, 4.69) is 5.32 Å². The van der Waals surface area contributed by atoms with Gasteiger partial charge in [0.25, 0.3) is 5.91 Å². The van der Waals surface area contributed by atoms with Gasteiger partial charge in [-0.15, -0.1) is 0 Å². The number of hydrogen-bond acceptors (Lipinski definition) is 4. The summed E-state index contributed by atoms with van der Waals surface area (Å²) in [5.74, 6) is 0.270. The van der Waals surface area contributed by atoms with Crippen LogP contribution in [0.4, 0.5) is 11.4 Å². The molecule has 5 heteroatoms. The Kier molecular flexibility index (Phi) is 4.10. The van der Waals surface area contributed by atoms with Crippen LogP contribution >= 0.6 is 0 Å². The van der Waals surface area contributed by atoms with E-state index in [1.54, 1.807) is 19.2 Å². The van der Waals surface area contributed by atoms with Crippen molar-refractivity contribution in [3.05, 3.63) is 53.6 Å². The van der Waals surface area contributed by atoms with Crippen LogP contribution in [0.1, 0.15) is 15.9 Å². The second kappa shape index (κ2) is 5.97. The molecule has 0 heterocycles. The molecule has 0 unspecified atom stereocenters. The maximum atomic E-state index is 11.2. The van der Waals surface area contributed by atoms with Gasteiger partial charge in [-0.3, -0.25) is 4.79 Å². The lowest BCUT2D eigenvalue weighted by Crippen LogP contribution is -2.14. The lowest BCUT2D eigenvalue weighted by molar-refractivity contribution is 0.100. The van der Waals surface area contributed by atoms with Gasteiger partial charge in [-0.05, 0) is 35.9 Å². The molecule has 1 amide bonds. The van der Waals surface area contributed by atoms with Crippen LogP contribution in [0.2, 0.25) is 0 Å². The summed E-state index contributed by atoms with van der Waals surface area (Å²) in [7, 11) is 1.63. The van der Waals surface area contributed by atoms with E-state index in [9.17, 15) is 4.79 Å². The molecule has 0 aliphatic carbocycles. The summed E-state index contributed by atoms with van der Waals surface area (Å²) in [4.78, 5) is 11.2. The normalized spacial score (nSPS) is 10.1. The van der Waals surface area contributed by atoms with Gasteiger partial charge >= 0.3 is 0 Å². The van der Waals surface area contributed by atoms with E-state index >= 15 is 0 Å². The molecular weight excluding hydrogens is 254 g/mol. The van der Waals surface area contributed by atoms with Crippen molar-refractivity contribution in [2.75, 3.05) is 18.2 Å². The molecule has 104 valence electrons. The second-order valence-electron chi connectivity index (χ2n) is 4.37. The Balaban J connectivity index is 2.10. The van der Waals surface area contributed by atoms with Crippen molar-refractivity contribution < 1.29 is 9.53 Å². The maximum Gasteiger partial charge on any atom is 0.250 e. The molecular formula is C15H17N3O2. The van der Waals surface area contributed by atoms with E-state index in [1.165, 1.54) is 0 Å². The third-order valence-corrected chi connectivity index (χ3v) is 2.95. The van der Waals surface area contributed by atoms with Gasteiger partial charge in [0.05, 0.1) is 12.7 Å². The van der Waals surface area contributed by atoms with E-state index in [0.717, 1.165) is 17.0 Å². The molecule has 2 rings (SSSR count). The number of amides is 1. The Morgan fingerprint density at radius 2 is 2.05 bits per heavy atom. The van der Waals surface area contributed by atoms with Gasteiger partial charge in [-0.25, -0.2) is 0 Å². The van der Waals surface area contributed by atoms with Crippen LogP contribution in [-0.2, 0) is 6.54 Å². The first-order chi connectivity index (χ1) is 9.60. The van der Waals surface area contributed by atoms with Crippen molar-refractivity contribution in [1.82, 2.24) is 0 Å². The zero-order chi connectivity index (χ0) is 14.5. The molecule has 0 saturated heterocycles. The smallest absolute Gasteiger partial charge is 0.250 e. The second-order valence-corrected chi connectivity index (χ2v) is 4.37. The van der Waals surface area contributed by atoms with Crippen LogP contribution in [-0.4, -0.2) is 13.0 Å². The third kappa shape index (κ3) is 3.20. The van der Waals surface area contributed by atoms with Crippen molar-refractivity contribution >= 4 is 17.3 Å². The van der Waals surface area contributed by atoms with Gasteiger partial charge in [0, 0.05) is 17.9 Å². The molecule has 20 heavy (non-hydrogen) atoms. The Labute approximate surface area is 117 Å². The lowest BCUT2D eigenvalue weighted by atomic mass is 10.1. The number of nitrogens with two attached hydrogens (primary N) is 2. The van der Waals surface area contributed by atoms with Crippen LogP contribution in [0, 0.1) is 0 Å². The fraction of sp³-hybridized carbons (Fsp3) is 0.133. The van der Waals surface area contributed by atoms with Crippen LogP contribution in [0.5, 0.6) is 5.75 Å². The number of benzene rings is 2. The van der Waals surface area contributed by atoms with Gasteiger partial charge in [-0.1, -0.05) is 12.1 Å². The average Bonchev–Trinajstić information content (AvgIpc) is 2.46. The Hall–Kier alpha value is -2.69. The monoisotopic (exact) mass is 271 g/mol. The molecule has 0 aliphatic heterocycles. The Bertz CT molecular complexity index is 626. The SMILES string of the molecule is COc1cccc(CNc2ccc(N)c(C(N)=O)c2)c1. The zero-order valence-corrected chi connectivity index (χ0v) is 11.2. The molecule has 0 saturated carbocycles. The van der Waals surface area contributed by atoms with Crippen LogP contribution in [0.15, 0.2) is 42.5 Å². The minimum atomic E-state index is -0.535. The Morgan fingerprint density at radius 3 is 2.75 bits per heavy atom. The minimum absolute atomic E-state index is 0.320. The molecule has 0 aliphatic rings. The summed E-state index contributed by atoms with van der Waals surface area (Å²) in [5, 5.41) is 3.22. The molecule has 0 radical (unpaired) electrons. The highest BCUT2D eigenvalue weighted by molar-refractivity contribution is 5.98. The summed E-state index contributed by atoms with van der Waals surface area (Å²) in [5.41, 5.74) is 13.5. The number of hydrogen-bond donors (Lipinski definition) is 3. The van der Waals surface area contributed by atoms with E-state index in [0.29, 0.717) is 17.8 Å². The number of carbonyl (C=O) groups excluding carboxylic acids is 1. The summed E-state index contributed by atoms with van der Waals surface area (Å²) in [6.45, 7) is 0.610. The van der Waals surface area contributed by atoms with Gasteiger partial charge in [-0.2, -0.15) is 0 Å². The number of rotatable bonds is 5. The van der Waals surface area contributed by atoms with Crippen molar-refractivity contribution in [3.63, 3.8) is 0 Å². The molecule has 2 aromatic carbocycles. The first-order valence-electron chi connectivity index (χ1n) is 6.16.